The summed E-state index contributed by atoms with van der Waals surface area (Å²) >= 11 is 18.6. The van der Waals surface area contributed by atoms with E-state index in [0.717, 1.165) is 36.8 Å². The van der Waals surface area contributed by atoms with E-state index in [0.29, 0.717) is 31.4 Å². The number of benzene rings is 4. The molecule has 2 atom stereocenters. The van der Waals surface area contributed by atoms with E-state index < -0.39 is 89.1 Å². The summed E-state index contributed by atoms with van der Waals surface area (Å²) < 4.78 is 121. The Labute approximate surface area is 364 Å². The molecule has 2 saturated carbocycles. The average Bonchev–Trinajstić information content (AvgIpc) is 3.17. The molecule has 0 aromatic heterocycles. The van der Waals surface area contributed by atoms with Gasteiger partial charge in [0.05, 0.1) is 37.2 Å². The minimum atomic E-state index is -4.28. The van der Waals surface area contributed by atoms with Crippen LogP contribution in [0.1, 0.15) is 85.9 Å². The van der Waals surface area contributed by atoms with E-state index in [1.165, 1.54) is 18.2 Å². The number of halogens is 7. The Morgan fingerprint density at radius 2 is 1.33 bits per heavy atom. The predicted octanol–water partition coefficient (Wildman–Crippen LogP) is 8.74. The van der Waals surface area contributed by atoms with Crippen molar-refractivity contribution < 1.29 is 53.8 Å². The predicted molar refractivity (Wildman–Crippen MR) is 221 cm³/mol. The van der Waals surface area contributed by atoms with Gasteiger partial charge in [-0.2, -0.15) is 0 Å². The molecule has 0 spiro atoms. The van der Waals surface area contributed by atoms with Crippen molar-refractivity contribution in [3.8, 4) is 5.75 Å². The monoisotopic (exact) mass is 948 g/mol. The number of sulfonamides is 2. The van der Waals surface area contributed by atoms with E-state index in [1.807, 2.05) is 0 Å². The number of hydrogen-bond acceptors (Lipinski definition) is 8. The van der Waals surface area contributed by atoms with E-state index in [-0.39, 0.29) is 68.1 Å². The number of aliphatic hydroxyl groups is 1. The van der Waals surface area contributed by atoms with Gasteiger partial charge >= 0.3 is 0 Å². The molecule has 328 valence electrons. The largest absolute Gasteiger partial charge is 0.484 e. The molecule has 0 saturated heterocycles. The number of carbonyl (C=O) groups is 2. The summed E-state index contributed by atoms with van der Waals surface area (Å²) in [6.45, 7) is 3.24. The van der Waals surface area contributed by atoms with Crippen molar-refractivity contribution in [2.24, 2.45) is 0 Å². The highest BCUT2D eigenvalue weighted by molar-refractivity contribution is 7.89. The number of ether oxygens (including phenoxy) is 1. The quantitative estimate of drug-likeness (QED) is 0.0691. The molecule has 0 bridgehead atoms. The standard InChI is InChI=1S/C40H39Cl3F4N4O8S2/c1-39(13-10-22(11-14-39)50-60(55,56)25-7-9-27(41)26(20-25)38(53)49-24-17-30(44)36(47)31(45)18-24)59-32-19-23(16-29(43)35(32)46)48-37(52)21-6-8-28(42)33(15-21)61(57,58)51-34-5-3-4-12-40(34,2)54/h6-9,15-20,22,34,50-51,54H,3-5,10-14H2,1-2H3,(H,48,52)(H,49,53). The van der Waals surface area contributed by atoms with Crippen molar-refractivity contribution in [2.75, 3.05) is 10.6 Å². The second-order valence-electron chi connectivity index (χ2n) is 15.4. The maximum atomic E-state index is 15.4. The minimum absolute atomic E-state index is 0.0141. The van der Waals surface area contributed by atoms with E-state index in [2.05, 4.69) is 20.1 Å². The summed E-state index contributed by atoms with van der Waals surface area (Å²) in [5, 5.41) is 14.7. The second kappa shape index (κ2) is 18.0. The Kier molecular flexibility index (Phi) is 13.7. The second-order valence-corrected chi connectivity index (χ2v) is 20.1. The van der Waals surface area contributed by atoms with Crippen LogP contribution in [0.25, 0.3) is 0 Å². The van der Waals surface area contributed by atoms with Crippen LogP contribution in [0.4, 0.5) is 28.9 Å². The molecule has 61 heavy (non-hydrogen) atoms. The third kappa shape index (κ3) is 10.8. The Hall–Kier alpha value is -4.01. The summed E-state index contributed by atoms with van der Waals surface area (Å²) in [6.07, 6.45) is 3.15. The third-order valence-electron chi connectivity index (χ3n) is 10.7. The van der Waals surface area contributed by atoms with Gasteiger partial charge < -0.3 is 20.5 Å². The molecule has 2 fully saturated rings. The van der Waals surface area contributed by atoms with Crippen LogP contribution >= 0.6 is 34.8 Å². The normalized spacial score (nSPS) is 22.1. The van der Waals surface area contributed by atoms with Crippen molar-refractivity contribution in [2.45, 2.75) is 98.3 Å². The molecule has 4 aromatic rings. The third-order valence-corrected chi connectivity index (χ3v) is 14.7. The lowest BCUT2D eigenvalue weighted by molar-refractivity contribution is -0.00220. The lowest BCUT2D eigenvalue weighted by atomic mass is 9.82. The molecule has 5 N–H and O–H groups in total. The number of anilines is 2. The lowest BCUT2D eigenvalue weighted by Crippen LogP contribution is -2.52. The molecule has 2 aliphatic carbocycles. The van der Waals surface area contributed by atoms with Crippen LogP contribution in [0.15, 0.2) is 70.5 Å². The molecule has 12 nitrogen and oxygen atoms in total. The maximum absolute atomic E-state index is 15.4. The summed E-state index contributed by atoms with van der Waals surface area (Å²) in [4.78, 5) is 25.5. The fourth-order valence-electron chi connectivity index (χ4n) is 7.19. The number of amides is 2. The zero-order valence-corrected chi connectivity index (χ0v) is 36.3. The van der Waals surface area contributed by atoms with Gasteiger partial charge in [0.1, 0.15) is 10.5 Å². The molecule has 2 aliphatic rings. The van der Waals surface area contributed by atoms with Crippen molar-refractivity contribution in [1.29, 1.82) is 0 Å². The van der Waals surface area contributed by atoms with Gasteiger partial charge in [-0.05, 0) is 94.8 Å². The number of carbonyl (C=O) groups excluding carboxylic acids is 2. The van der Waals surface area contributed by atoms with Gasteiger partial charge in [0, 0.05) is 41.2 Å². The Morgan fingerprint density at radius 3 is 1.98 bits per heavy atom. The first-order valence-electron chi connectivity index (χ1n) is 18.8. The fraction of sp³-hybridized carbons (Fsp3) is 0.350. The zero-order valence-electron chi connectivity index (χ0n) is 32.4. The Balaban J connectivity index is 1.10. The van der Waals surface area contributed by atoms with Gasteiger partial charge in [0.15, 0.2) is 29.0 Å². The zero-order chi connectivity index (χ0) is 44.7. The molecule has 2 amide bonds. The lowest BCUT2D eigenvalue weighted by Gasteiger charge is -2.38. The minimum Gasteiger partial charge on any atom is -0.484 e. The van der Waals surface area contributed by atoms with Gasteiger partial charge in [-0.3, -0.25) is 9.59 Å². The fourth-order valence-corrected chi connectivity index (χ4v) is 10.8. The SMILES string of the molecule is CC1(Oc2cc(NC(=O)c3ccc(Cl)c(S(=O)(=O)NC4CCCCC4(C)O)c3)cc(Cl)c2F)CCC(NS(=O)(=O)c2ccc(Cl)c(C(=O)Nc3cc(F)c(F)c(F)c3)c2)CC1. The molecule has 0 aliphatic heterocycles. The van der Waals surface area contributed by atoms with Crippen LogP contribution in [0.3, 0.4) is 0 Å². The molecule has 21 heteroatoms. The average molecular weight is 950 g/mol. The van der Waals surface area contributed by atoms with Gasteiger partial charge in [-0.25, -0.2) is 43.8 Å². The molecule has 6 rings (SSSR count). The molecule has 4 aromatic carbocycles. The van der Waals surface area contributed by atoms with E-state index in [9.17, 15) is 44.7 Å². The van der Waals surface area contributed by atoms with Crippen LogP contribution in [0.5, 0.6) is 5.75 Å². The van der Waals surface area contributed by atoms with Crippen LogP contribution in [0, 0.1) is 23.3 Å². The smallest absolute Gasteiger partial charge is 0.257 e. The topological polar surface area (TPSA) is 180 Å². The van der Waals surface area contributed by atoms with Crippen molar-refractivity contribution in [1.82, 2.24) is 9.44 Å². The van der Waals surface area contributed by atoms with Gasteiger partial charge in [-0.15, -0.1) is 0 Å². The highest BCUT2D eigenvalue weighted by atomic mass is 35.5. The van der Waals surface area contributed by atoms with Crippen molar-refractivity contribution in [3.63, 3.8) is 0 Å². The highest BCUT2D eigenvalue weighted by Crippen LogP contribution is 2.38. The summed E-state index contributed by atoms with van der Waals surface area (Å²) in [6, 6.07) is 8.95. The van der Waals surface area contributed by atoms with Gasteiger partial charge in [0.25, 0.3) is 11.8 Å². The van der Waals surface area contributed by atoms with Gasteiger partial charge in [-0.1, -0.05) is 47.6 Å². The Bertz CT molecular complexity index is 2590. The van der Waals surface area contributed by atoms with Crippen LogP contribution < -0.4 is 24.8 Å². The van der Waals surface area contributed by atoms with Crippen molar-refractivity contribution in [3.05, 3.63) is 110 Å². The number of rotatable bonds is 12. The van der Waals surface area contributed by atoms with Crippen LogP contribution in [0.2, 0.25) is 15.1 Å². The number of nitrogens with one attached hydrogen (secondary N) is 4. The first-order valence-corrected chi connectivity index (χ1v) is 22.9. The van der Waals surface area contributed by atoms with Gasteiger partial charge in [0.2, 0.25) is 20.0 Å². The molecule has 0 heterocycles. The highest BCUT2D eigenvalue weighted by Gasteiger charge is 2.39. The number of hydrogen-bond donors (Lipinski definition) is 5. The summed E-state index contributed by atoms with van der Waals surface area (Å²) in [7, 11) is -8.55. The maximum Gasteiger partial charge on any atom is 0.257 e. The summed E-state index contributed by atoms with van der Waals surface area (Å²) in [5.74, 6) is -7.87. The van der Waals surface area contributed by atoms with Crippen molar-refractivity contribution >= 4 is 78.0 Å². The van der Waals surface area contributed by atoms with E-state index >= 15 is 4.39 Å². The van der Waals surface area contributed by atoms with Crippen LogP contribution in [-0.2, 0) is 20.0 Å². The Morgan fingerprint density at radius 1 is 0.705 bits per heavy atom. The summed E-state index contributed by atoms with van der Waals surface area (Å²) in [5.41, 5.74) is -3.18. The molecule has 0 radical (unpaired) electrons. The van der Waals surface area contributed by atoms with Crippen LogP contribution in [-0.4, -0.2) is 57.0 Å². The molecular formula is C40H39Cl3F4N4O8S2. The van der Waals surface area contributed by atoms with E-state index in [4.69, 9.17) is 39.5 Å². The molecule has 2 unspecified atom stereocenters. The molecular weight excluding hydrogens is 911 g/mol. The van der Waals surface area contributed by atoms with E-state index in [1.54, 1.807) is 13.8 Å². The first kappa shape index (κ1) is 46.5. The first-order chi connectivity index (χ1) is 28.5.